The molecule has 0 saturated carbocycles. The van der Waals surface area contributed by atoms with Crippen molar-refractivity contribution in [2.24, 2.45) is 22.2 Å². The van der Waals surface area contributed by atoms with Gasteiger partial charge >= 0.3 is 0 Å². The van der Waals surface area contributed by atoms with E-state index in [-0.39, 0.29) is 35.0 Å². The summed E-state index contributed by atoms with van der Waals surface area (Å²) in [6.07, 6.45) is -0.394. The van der Waals surface area contributed by atoms with Gasteiger partial charge in [0.25, 0.3) is 5.91 Å². The summed E-state index contributed by atoms with van der Waals surface area (Å²) in [5.41, 5.74) is 19.3. The summed E-state index contributed by atoms with van der Waals surface area (Å²) >= 11 is 1.13. The number of carbonyl (C=O) groups excluding carboxylic acids is 2. The first kappa shape index (κ1) is 29.8. The van der Waals surface area contributed by atoms with Crippen molar-refractivity contribution in [1.82, 2.24) is 10.0 Å². The first-order chi connectivity index (χ1) is 18.2. The van der Waals surface area contributed by atoms with Gasteiger partial charge in [-0.1, -0.05) is 29.8 Å². The number of aryl methyl sites for hydroxylation is 3. The first-order valence-corrected chi connectivity index (χ1v) is 14.2. The second-order valence-corrected chi connectivity index (χ2v) is 11.9. The zero-order valence-electron chi connectivity index (χ0n) is 21.8. The molecule has 39 heavy (non-hydrogen) atoms. The largest absolute Gasteiger partial charge is 0.370 e. The van der Waals surface area contributed by atoms with Crippen molar-refractivity contribution in [3.63, 3.8) is 0 Å². The molecule has 9 N–H and O–H groups in total. The molecule has 1 atom stereocenters. The number of benzene rings is 2. The Bertz CT molecular complexity index is 1510. The molecule has 0 bridgehead atoms. The highest BCUT2D eigenvalue weighted by Gasteiger charge is 2.36. The molecule has 0 aliphatic heterocycles. The predicted molar refractivity (Wildman–Crippen MR) is 152 cm³/mol. The van der Waals surface area contributed by atoms with Crippen LogP contribution in [0.15, 0.2) is 58.4 Å². The Morgan fingerprint density at radius 1 is 1.03 bits per heavy atom. The van der Waals surface area contributed by atoms with Gasteiger partial charge in [-0.25, -0.2) is 13.4 Å². The van der Waals surface area contributed by atoms with Crippen molar-refractivity contribution in [1.29, 1.82) is 0 Å². The van der Waals surface area contributed by atoms with E-state index in [0.717, 1.165) is 27.3 Å². The first-order valence-electron chi connectivity index (χ1n) is 11.9. The fourth-order valence-corrected chi connectivity index (χ4v) is 6.83. The molecule has 208 valence electrons. The lowest BCUT2D eigenvalue weighted by atomic mass is 10.1. The van der Waals surface area contributed by atoms with Crippen LogP contribution < -0.4 is 27.2 Å². The number of nitrogens with two attached hydrogens (primary N) is 3. The SMILES string of the molecule is Cc1cc(C)c(S(=O)(=O)NC(O)(CCCC(N)=O)NC(=O)c2ccc(-c3cccc(N=C(N)N)c3)s2)c(C)c1. The third-order valence-electron chi connectivity index (χ3n) is 5.68. The Hall–Kier alpha value is -3.78. The Balaban J connectivity index is 1.89. The molecule has 1 unspecified atom stereocenters. The number of aliphatic imine (C=N–C) groups is 1. The molecule has 11 nitrogen and oxygen atoms in total. The molecular formula is C26H32N6O5S2. The average molecular weight is 573 g/mol. The van der Waals surface area contributed by atoms with Crippen LogP contribution in [0.4, 0.5) is 5.69 Å². The third kappa shape index (κ3) is 7.86. The zero-order valence-corrected chi connectivity index (χ0v) is 23.4. The van der Waals surface area contributed by atoms with E-state index in [2.05, 4.69) is 15.0 Å². The molecular weight excluding hydrogens is 540 g/mol. The van der Waals surface area contributed by atoms with E-state index in [1.54, 1.807) is 56.3 Å². The Kier molecular flexibility index (Phi) is 9.12. The average Bonchev–Trinajstić information content (AvgIpc) is 3.27. The molecule has 1 heterocycles. The molecule has 0 spiro atoms. The van der Waals surface area contributed by atoms with Gasteiger partial charge in [-0.05, 0) is 68.1 Å². The fraction of sp³-hybridized carbons (Fsp3) is 0.269. The van der Waals surface area contributed by atoms with Gasteiger partial charge < -0.3 is 27.6 Å². The smallest absolute Gasteiger partial charge is 0.264 e. The van der Waals surface area contributed by atoms with Crippen LogP contribution in [0.1, 0.15) is 45.6 Å². The molecule has 3 rings (SSSR count). The molecule has 2 amide bonds. The maximum atomic E-state index is 13.4. The molecule has 13 heteroatoms. The Morgan fingerprint density at radius 3 is 2.31 bits per heavy atom. The number of primary amides is 1. The maximum Gasteiger partial charge on any atom is 0.264 e. The quantitative estimate of drug-likeness (QED) is 0.115. The van der Waals surface area contributed by atoms with Gasteiger partial charge in [0, 0.05) is 17.7 Å². The van der Waals surface area contributed by atoms with E-state index < -0.39 is 27.7 Å². The third-order valence-corrected chi connectivity index (χ3v) is 8.60. The van der Waals surface area contributed by atoms with Crippen molar-refractivity contribution >= 4 is 44.8 Å². The van der Waals surface area contributed by atoms with E-state index >= 15 is 0 Å². The second-order valence-electron chi connectivity index (χ2n) is 9.22. The predicted octanol–water partition coefficient (Wildman–Crippen LogP) is 2.26. The van der Waals surface area contributed by atoms with Gasteiger partial charge in [-0.2, -0.15) is 4.72 Å². The number of carbonyl (C=O) groups is 2. The van der Waals surface area contributed by atoms with Crippen LogP contribution in [-0.4, -0.2) is 37.1 Å². The van der Waals surface area contributed by atoms with Crippen molar-refractivity contribution < 1.29 is 23.1 Å². The summed E-state index contributed by atoms with van der Waals surface area (Å²) in [7, 11) is -4.29. The summed E-state index contributed by atoms with van der Waals surface area (Å²) in [4.78, 5) is 29.4. The number of amides is 2. The zero-order chi connectivity index (χ0) is 29.0. The van der Waals surface area contributed by atoms with E-state index in [1.165, 1.54) is 0 Å². The lowest BCUT2D eigenvalue weighted by Crippen LogP contribution is -2.60. The summed E-state index contributed by atoms with van der Waals surface area (Å²) in [6.45, 7) is 5.14. The van der Waals surface area contributed by atoms with Gasteiger partial charge in [-0.3, -0.25) is 9.59 Å². The molecule has 0 aliphatic rings. The van der Waals surface area contributed by atoms with Gasteiger partial charge in [0.15, 0.2) is 5.96 Å². The van der Waals surface area contributed by atoms with E-state index in [1.807, 2.05) is 13.0 Å². The van der Waals surface area contributed by atoms with E-state index in [4.69, 9.17) is 17.2 Å². The number of nitrogens with one attached hydrogen (secondary N) is 2. The molecule has 0 radical (unpaired) electrons. The second kappa shape index (κ2) is 11.9. The van der Waals surface area contributed by atoms with Crippen molar-refractivity contribution in [2.45, 2.75) is 50.8 Å². The molecule has 0 fully saturated rings. The number of hydrogen-bond donors (Lipinski definition) is 6. The summed E-state index contributed by atoms with van der Waals surface area (Å²) in [5.74, 6) is -3.82. The van der Waals surface area contributed by atoms with Crippen LogP contribution in [-0.2, 0) is 14.8 Å². The van der Waals surface area contributed by atoms with Crippen molar-refractivity contribution in [2.75, 3.05) is 0 Å². The molecule has 3 aromatic rings. The summed E-state index contributed by atoms with van der Waals surface area (Å²) in [6, 6.07) is 13.7. The van der Waals surface area contributed by atoms with E-state index in [9.17, 15) is 23.1 Å². The number of guanidine groups is 1. The Labute approximate surface area is 231 Å². The summed E-state index contributed by atoms with van der Waals surface area (Å²) < 4.78 is 29.0. The van der Waals surface area contributed by atoms with Gasteiger partial charge in [-0.15, -0.1) is 11.3 Å². The standard InChI is InChI=1S/C26H32N6O5S2/c1-15-12-16(2)23(17(3)13-15)39(36,37)32-26(35,11-5-8-22(27)33)31-24(34)21-10-9-20(38-21)18-6-4-7-19(14-18)30-25(28)29/h4,6-7,9-10,12-14,32,35H,5,8,11H2,1-3H3,(H2,27,33)(H,31,34)(H4,28,29,30). The van der Waals surface area contributed by atoms with Crippen LogP contribution in [0.25, 0.3) is 10.4 Å². The van der Waals surface area contributed by atoms with Crippen LogP contribution in [0.3, 0.4) is 0 Å². The lowest BCUT2D eigenvalue weighted by molar-refractivity contribution is -0.118. The summed E-state index contributed by atoms with van der Waals surface area (Å²) in [5, 5.41) is 13.7. The van der Waals surface area contributed by atoms with Gasteiger partial charge in [0.1, 0.15) is 0 Å². The number of aliphatic hydroxyl groups is 1. The van der Waals surface area contributed by atoms with Crippen LogP contribution >= 0.6 is 11.3 Å². The highest BCUT2D eigenvalue weighted by molar-refractivity contribution is 7.89. The number of hydrogen-bond acceptors (Lipinski definition) is 7. The van der Waals surface area contributed by atoms with Crippen LogP contribution in [0, 0.1) is 20.8 Å². The van der Waals surface area contributed by atoms with Gasteiger partial charge in [0.2, 0.25) is 21.8 Å². The van der Waals surface area contributed by atoms with E-state index in [0.29, 0.717) is 16.8 Å². The van der Waals surface area contributed by atoms with Crippen LogP contribution in [0.2, 0.25) is 0 Å². The lowest BCUT2D eigenvalue weighted by Gasteiger charge is -2.30. The topological polar surface area (TPSA) is 203 Å². The minimum Gasteiger partial charge on any atom is -0.370 e. The molecule has 0 aliphatic carbocycles. The number of nitrogens with zero attached hydrogens (tertiary/aromatic N) is 1. The van der Waals surface area contributed by atoms with Crippen molar-refractivity contribution in [3.8, 4) is 10.4 Å². The maximum absolute atomic E-state index is 13.4. The fourth-order valence-electron chi connectivity index (χ4n) is 4.26. The van der Waals surface area contributed by atoms with Crippen molar-refractivity contribution in [3.05, 3.63) is 70.1 Å². The highest BCUT2D eigenvalue weighted by atomic mass is 32.2. The number of thiophene rings is 1. The minimum absolute atomic E-state index is 0.00487. The number of rotatable bonds is 11. The minimum atomic E-state index is -4.29. The van der Waals surface area contributed by atoms with Gasteiger partial charge in [0.05, 0.1) is 15.5 Å². The molecule has 2 aromatic carbocycles. The van der Waals surface area contributed by atoms with Crippen LogP contribution in [0.5, 0.6) is 0 Å². The highest BCUT2D eigenvalue weighted by Crippen LogP contribution is 2.31. The number of sulfonamides is 1. The monoisotopic (exact) mass is 572 g/mol. The Morgan fingerprint density at radius 2 is 1.69 bits per heavy atom. The molecule has 0 saturated heterocycles. The normalized spacial score (nSPS) is 12.9. The molecule has 1 aromatic heterocycles.